The molecule has 39 heavy (non-hydrogen) atoms. The molecule has 3 aromatic heterocycles. The van der Waals surface area contributed by atoms with Crippen LogP contribution in [0, 0.1) is 0 Å². The summed E-state index contributed by atoms with van der Waals surface area (Å²) in [6.07, 6.45) is 4.99. The van der Waals surface area contributed by atoms with Crippen molar-refractivity contribution >= 4 is 53.6 Å². The number of fused-ring (bicyclic) bond motifs is 2. The number of carbonyl (C=O) groups excluding carboxylic acids is 2. The van der Waals surface area contributed by atoms with E-state index in [4.69, 9.17) is 27.1 Å². The molecule has 1 aliphatic rings. The number of benzene rings is 1. The fourth-order valence-electron chi connectivity index (χ4n) is 4.44. The number of hydrogen-bond donors (Lipinski definition) is 2. The van der Waals surface area contributed by atoms with Crippen molar-refractivity contribution < 1.29 is 14.3 Å². The minimum Gasteiger partial charge on any atom is -0.361 e. The van der Waals surface area contributed by atoms with E-state index in [2.05, 4.69) is 35.0 Å². The zero-order valence-electron chi connectivity index (χ0n) is 22.5. The van der Waals surface area contributed by atoms with E-state index >= 15 is 0 Å². The van der Waals surface area contributed by atoms with Crippen molar-refractivity contribution in [2.75, 3.05) is 19.7 Å². The standard InChI is InChI=1S/C26H33ClN8O3Si/c1-16(26(37)33-12-19(28)13-33)31-25(36)20-14-34(15-38-7-8-39(2,3)4)24-23(20)32-22(11-29-24)35-21-6-5-18(27)9-17(21)10-30-35/h5-6,9-11,14,16,19H,7-8,12-13,15,28H2,1-4H3,(H,31,36)/t16-/m1/s1. The molecule has 1 aromatic carbocycles. The highest BCUT2D eigenvalue weighted by molar-refractivity contribution is 6.76. The molecule has 4 aromatic rings. The maximum absolute atomic E-state index is 13.4. The second-order valence-electron chi connectivity index (χ2n) is 11.2. The summed E-state index contributed by atoms with van der Waals surface area (Å²) in [5.41, 5.74) is 7.81. The molecule has 1 aliphatic heterocycles. The van der Waals surface area contributed by atoms with Crippen molar-refractivity contribution in [3.63, 3.8) is 0 Å². The van der Waals surface area contributed by atoms with Crippen molar-refractivity contribution in [3.05, 3.63) is 47.4 Å². The van der Waals surface area contributed by atoms with Crippen LogP contribution < -0.4 is 11.1 Å². The van der Waals surface area contributed by atoms with E-state index in [0.717, 1.165) is 16.9 Å². The monoisotopic (exact) mass is 568 g/mol. The van der Waals surface area contributed by atoms with Crippen LogP contribution in [0.15, 0.2) is 36.8 Å². The molecule has 2 amide bonds. The number of likely N-dealkylation sites (tertiary alicyclic amines) is 1. The number of hydrogen-bond acceptors (Lipinski definition) is 7. The molecule has 0 radical (unpaired) electrons. The average molecular weight is 569 g/mol. The highest BCUT2D eigenvalue weighted by Crippen LogP contribution is 2.24. The third-order valence-corrected chi connectivity index (χ3v) is 8.65. The van der Waals surface area contributed by atoms with Gasteiger partial charge in [0.25, 0.3) is 5.91 Å². The summed E-state index contributed by atoms with van der Waals surface area (Å²) >= 11 is 6.14. The minimum absolute atomic E-state index is 0.0149. The number of nitrogens with one attached hydrogen (secondary N) is 1. The molecule has 13 heteroatoms. The Morgan fingerprint density at radius 1 is 1.26 bits per heavy atom. The fraction of sp³-hybridized carbons (Fsp3) is 0.423. The van der Waals surface area contributed by atoms with Crippen LogP contribution in [0.5, 0.6) is 0 Å². The maximum Gasteiger partial charge on any atom is 0.255 e. The van der Waals surface area contributed by atoms with Crippen LogP contribution in [-0.4, -0.2) is 80.9 Å². The summed E-state index contributed by atoms with van der Waals surface area (Å²) in [5.74, 6) is -0.142. The second kappa shape index (κ2) is 10.7. The second-order valence-corrected chi connectivity index (χ2v) is 17.3. The smallest absolute Gasteiger partial charge is 0.255 e. The molecule has 1 atom stereocenters. The molecule has 0 saturated carbocycles. The molecule has 206 valence electrons. The zero-order valence-corrected chi connectivity index (χ0v) is 24.3. The fourth-order valence-corrected chi connectivity index (χ4v) is 5.38. The predicted molar refractivity (Wildman–Crippen MR) is 153 cm³/mol. The Hall–Kier alpha value is -3.32. The quantitative estimate of drug-likeness (QED) is 0.234. The predicted octanol–water partition coefficient (Wildman–Crippen LogP) is 3.02. The SMILES string of the molecule is C[C@@H](NC(=O)c1cn(COCC[Si](C)(C)C)c2ncc(-n3ncc4cc(Cl)ccc43)nc12)C(=O)N1CC(N)C1. The van der Waals surface area contributed by atoms with Gasteiger partial charge in [0.1, 0.15) is 18.3 Å². The van der Waals surface area contributed by atoms with Gasteiger partial charge in [-0.2, -0.15) is 5.10 Å². The van der Waals surface area contributed by atoms with E-state index in [-0.39, 0.29) is 18.7 Å². The Labute approximate surface area is 232 Å². The van der Waals surface area contributed by atoms with Gasteiger partial charge in [0.05, 0.1) is 23.5 Å². The third-order valence-electron chi connectivity index (χ3n) is 6.71. The lowest BCUT2D eigenvalue weighted by Crippen LogP contribution is -2.61. The first-order valence-corrected chi connectivity index (χ1v) is 17.0. The Morgan fingerprint density at radius 3 is 2.74 bits per heavy atom. The van der Waals surface area contributed by atoms with Gasteiger partial charge in [-0.1, -0.05) is 31.2 Å². The van der Waals surface area contributed by atoms with Gasteiger partial charge in [-0.15, -0.1) is 0 Å². The molecule has 0 unspecified atom stereocenters. The molecule has 1 saturated heterocycles. The number of amides is 2. The average Bonchev–Trinajstić information content (AvgIpc) is 3.44. The first-order chi connectivity index (χ1) is 18.5. The van der Waals surface area contributed by atoms with Gasteiger partial charge in [-0.05, 0) is 31.2 Å². The Balaban J connectivity index is 1.46. The first kappa shape index (κ1) is 27.3. The van der Waals surface area contributed by atoms with Gasteiger partial charge in [0, 0.05) is 50.4 Å². The number of halogens is 1. The van der Waals surface area contributed by atoms with Crippen molar-refractivity contribution in [1.29, 1.82) is 0 Å². The largest absolute Gasteiger partial charge is 0.361 e. The van der Waals surface area contributed by atoms with Gasteiger partial charge in [0.15, 0.2) is 11.5 Å². The molecular formula is C26H33ClN8O3Si. The van der Waals surface area contributed by atoms with Crippen LogP contribution in [0.1, 0.15) is 17.3 Å². The van der Waals surface area contributed by atoms with Crippen molar-refractivity contribution in [3.8, 4) is 5.82 Å². The van der Waals surface area contributed by atoms with Crippen molar-refractivity contribution in [2.24, 2.45) is 5.73 Å². The molecule has 0 aliphatic carbocycles. The van der Waals surface area contributed by atoms with E-state index in [1.165, 1.54) is 0 Å². The number of aromatic nitrogens is 5. The van der Waals surface area contributed by atoms with Gasteiger partial charge >= 0.3 is 0 Å². The minimum atomic E-state index is -1.26. The van der Waals surface area contributed by atoms with E-state index in [0.29, 0.717) is 47.3 Å². The van der Waals surface area contributed by atoms with Crippen LogP contribution in [0.2, 0.25) is 30.7 Å². The van der Waals surface area contributed by atoms with Crippen LogP contribution in [0.3, 0.4) is 0 Å². The number of rotatable bonds is 9. The van der Waals surface area contributed by atoms with Crippen molar-refractivity contribution in [2.45, 2.75) is 51.4 Å². The summed E-state index contributed by atoms with van der Waals surface area (Å²) < 4.78 is 9.37. The van der Waals surface area contributed by atoms with Crippen LogP contribution in [0.4, 0.5) is 0 Å². The van der Waals surface area contributed by atoms with Gasteiger partial charge in [0.2, 0.25) is 5.91 Å². The molecular weight excluding hydrogens is 536 g/mol. The van der Waals surface area contributed by atoms with Gasteiger partial charge < -0.3 is 25.3 Å². The number of nitrogens with zero attached hydrogens (tertiary/aromatic N) is 6. The van der Waals surface area contributed by atoms with E-state index < -0.39 is 20.0 Å². The normalized spacial score (nSPS) is 15.1. The highest BCUT2D eigenvalue weighted by Gasteiger charge is 2.32. The van der Waals surface area contributed by atoms with Gasteiger partial charge in [-0.3, -0.25) is 9.59 Å². The summed E-state index contributed by atoms with van der Waals surface area (Å²) in [6, 6.07) is 5.75. The molecule has 5 rings (SSSR count). The molecule has 11 nitrogen and oxygen atoms in total. The zero-order chi connectivity index (χ0) is 27.9. The highest BCUT2D eigenvalue weighted by atomic mass is 35.5. The lowest BCUT2D eigenvalue weighted by Gasteiger charge is -2.38. The summed E-state index contributed by atoms with van der Waals surface area (Å²) in [6.45, 7) is 10.4. The Kier molecular flexibility index (Phi) is 7.46. The van der Waals surface area contributed by atoms with Crippen LogP contribution >= 0.6 is 11.6 Å². The summed E-state index contributed by atoms with van der Waals surface area (Å²) in [7, 11) is -1.26. The Morgan fingerprint density at radius 2 is 2.03 bits per heavy atom. The third kappa shape index (κ3) is 5.83. The maximum atomic E-state index is 13.4. The van der Waals surface area contributed by atoms with Crippen LogP contribution in [-0.2, 0) is 16.3 Å². The summed E-state index contributed by atoms with van der Waals surface area (Å²) in [5, 5.41) is 8.74. The molecule has 0 spiro atoms. The van der Waals surface area contributed by atoms with E-state index in [9.17, 15) is 9.59 Å². The molecule has 4 heterocycles. The molecule has 3 N–H and O–H groups in total. The molecule has 0 bridgehead atoms. The summed E-state index contributed by atoms with van der Waals surface area (Å²) in [4.78, 5) is 37.2. The lowest BCUT2D eigenvalue weighted by molar-refractivity contribution is -0.137. The van der Waals surface area contributed by atoms with Crippen LogP contribution in [0.25, 0.3) is 27.9 Å². The lowest BCUT2D eigenvalue weighted by atomic mass is 10.1. The molecule has 1 fully saturated rings. The Bertz CT molecular complexity index is 1540. The number of ether oxygens (including phenoxy) is 1. The van der Waals surface area contributed by atoms with E-state index in [1.54, 1.807) is 45.7 Å². The number of nitrogens with two attached hydrogens (primary N) is 1. The first-order valence-electron chi connectivity index (χ1n) is 12.9. The van der Waals surface area contributed by atoms with E-state index in [1.807, 2.05) is 12.1 Å². The number of carbonyl (C=O) groups is 2. The van der Waals surface area contributed by atoms with Crippen molar-refractivity contribution in [1.82, 2.24) is 34.5 Å². The topological polar surface area (TPSA) is 133 Å². The van der Waals surface area contributed by atoms with Gasteiger partial charge in [-0.25, -0.2) is 14.6 Å².